The largest absolute Gasteiger partial charge is 0.482 e. The van der Waals surface area contributed by atoms with Crippen molar-refractivity contribution in [1.29, 1.82) is 0 Å². The van der Waals surface area contributed by atoms with E-state index in [9.17, 15) is 8.78 Å². The number of hydrogen-bond donors (Lipinski definition) is 1. The molecule has 2 aromatic rings. The lowest BCUT2D eigenvalue weighted by atomic mass is 10.2. The first-order valence-corrected chi connectivity index (χ1v) is 7.89. The minimum absolute atomic E-state index is 0.102. The molecule has 2 nitrogen and oxygen atoms in total. The summed E-state index contributed by atoms with van der Waals surface area (Å²) < 4.78 is 33.7. The van der Waals surface area contributed by atoms with Gasteiger partial charge in [-0.05, 0) is 42.7 Å². The van der Waals surface area contributed by atoms with Gasteiger partial charge in [0.25, 0.3) is 0 Å². The Bertz CT molecular complexity index is 619. The highest BCUT2D eigenvalue weighted by Gasteiger charge is 2.21. The molecule has 1 aromatic carbocycles. The number of ether oxygens (including phenoxy) is 1. The fourth-order valence-corrected chi connectivity index (χ4v) is 2.98. The third kappa shape index (κ3) is 3.93. The van der Waals surface area contributed by atoms with Crippen LogP contribution in [0.25, 0.3) is 0 Å². The van der Waals surface area contributed by atoms with Gasteiger partial charge in [-0.3, -0.25) is 0 Å². The molecule has 21 heavy (non-hydrogen) atoms. The standard InChI is InChI=1S/C15H14ClF2NOS/c16-14-4-3-11(21-14)8-20-15-12(17)5-9(6-13(15)18)7-19-10-1-2-10/h3-6,10,19H,1-2,7-8H2. The number of thiophene rings is 1. The van der Waals surface area contributed by atoms with Crippen molar-refractivity contribution >= 4 is 22.9 Å². The molecule has 1 saturated carbocycles. The highest BCUT2D eigenvalue weighted by molar-refractivity contribution is 7.16. The lowest BCUT2D eigenvalue weighted by Crippen LogP contribution is -2.15. The molecule has 1 aliphatic carbocycles. The Hall–Kier alpha value is -1.17. The Morgan fingerprint density at radius 2 is 1.95 bits per heavy atom. The van der Waals surface area contributed by atoms with Gasteiger partial charge in [-0.15, -0.1) is 11.3 Å². The second kappa shape index (κ2) is 6.30. The monoisotopic (exact) mass is 329 g/mol. The molecule has 0 radical (unpaired) electrons. The maximum Gasteiger partial charge on any atom is 0.191 e. The Balaban J connectivity index is 1.66. The fraction of sp³-hybridized carbons (Fsp3) is 0.333. The number of halogens is 3. The van der Waals surface area contributed by atoms with Gasteiger partial charge in [-0.2, -0.15) is 0 Å². The SMILES string of the molecule is Fc1cc(CNC2CC2)cc(F)c1OCc1ccc(Cl)s1. The molecular weight excluding hydrogens is 316 g/mol. The fourth-order valence-electron chi connectivity index (χ4n) is 1.97. The molecule has 1 aliphatic rings. The average Bonchev–Trinajstić information content (AvgIpc) is 3.17. The van der Waals surface area contributed by atoms with Gasteiger partial charge >= 0.3 is 0 Å². The smallest absolute Gasteiger partial charge is 0.191 e. The van der Waals surface area contributed by atoms with Crippen LogP contribution in [0.5, 0.6) is 5.75 Å². The van der Waals surface area contributed by atoms with Crippen molar-refractivity contribution in [3.8, 4) is 5.75 Å². The molecule has 1 heterocycles. The van der Waals surface area contributed by atoms with Crippen LogP contribution < -0.4 is 10.1 Å². The number of hydrogen-bond acceptors (Lipinski definition) is 3. The van der Waals surface area contributed by atoms with Gasteiger partial charge < -0.3 is 10.1 Å². The highest BCUT2D eigenvalue weighted by Crippen LogP contribution is 2.27. The zero-order valence-corrected chi connectivity index (χ0v) is 12.7. The summed E-state index contributed by atoms with van der Waals surface area (Å²) in [6.45, 7) is 0.574. The van der Waals surface area contributed by atoms with Crippen LogP contribution in [0.15, 0.2) is 24.3 Å². The second-order valence-electron chi connectivity index (χ2n) is 5.04. The molecule has 6 heteroatoms. The molecule has 0 aliphatic heterocycles. The van der Waals surface area contributed by atoms with E-state index in [2.05, 4.69) is 5.32 Å². The molecule has 0 unspecified atom stereocenters. The third-order valence-corrected chi connectivity index (χ3v) is 4.42. The maximum atomic E-state index is 13.9. The van der Waals surface area contributed by atoms with E-state index in [-0.39, 0.29) is 12.4 Å². The van der Waals surface area contributed by atoms with Crippen LogP contribution in [-0.4, -0.2) is 6.04 Å². The van der Waals surface area contributed by atoms with E-state index in [0.29, 0.717) is 22.5 Å². The second-order valence-corrected chi connectivity index (χ2v) is 6.84. The number of nitrogens with one attached hydrogen (secondary N) is 1. The Morgan fingerprint density at radius 1 is 1.24 bits per heavy atom. The predicted molar refractivity (Wildman–Crippen MR) is 79.9 cm³/mol. The third-order valence-electron chi connectivity index (χ3n) is 3.22. The molecule has 1 fully saturated rings. The van der Waals surface area contributed by atoms with Gasteiger partial charge in [0, 0.05) is 17.5 Å². The van der Waals surface area contributed by atoms with E-state index in [1.165, 1.54) is 23.5 Å². The topological polar surface area (TPSA) is 21.3 Å². The molecule has 0 saturated heterocycles. The van der Waals surface area contributed by atoms with E-state index in [1.807, 2.05) is 0 Å². The van der Waals surface area contributed by atoms with Crippen molar-refractivity contribution in [2.75, 3.05) is 0 Å². The van der Waals surface area contributed by atoms with Crippen LogP contribution >= 0.6 is 22.9 Å². The van der Waals surface area contributed by atoms with Gasteiger partial charge in [0.2, 0.25) is 0 Å². The van der Waals surface area contributed by atoms with Crippen LogP contribution in [0.2, 0.25) is 4.34 Å². The van der Waals surface area contributed by atoms with Crippen LogP contribution in [0.4, 0.5) is 8.78 Å². The Morgan fingerprint density at radius 3 is 2.52 bits per heavy atom. The zero-order chi connectivity index (χ0) is 14.8. The molecule has 0 spiro atoms. The molecule has 112 valence electrons. The first-order chi connectivity index (χ1) is 10.1. The quantitative estimate of drug-likeness (QED) is 0.842. The average molecular weight is 330 g/mol. The van der Waals surface area contributed by atoms with Crippen molar-refractivity contribution in [2.24, 2.45) is 0 Å². The minimum Gasteiger partial charge on any atom is -0.482 e. The van der Waals surface area contributed by atoms with Gasteiger partial charge in [0.1, 0.15) is 6.61 Å². The van der Waals surface area contributed by atoms with Gasteiger partial charge in [0.15, 0.2) is 17.4 Å². The van der Waals surface area contributed by atoms with Gasteiger partial charge in [-0.25, -0.2) is 8.78 Å². The summed E-state index contributed by atoms with van der Waals surface area (Å²) in [5.74, 6) is -1.69. The van der Waals surface area contributed by atoms with Crippen LogP contribution in [0, 0.1) is 11.6 Å². The minimum atomic E-state index is -0.676. The summed E-state index contributed by atoms with van der Waals surface area (Å²) in [7, 11) is 0. The van der Waals surface area contributed by atoms with Crippen LogP contribution in [0.3, 0.4) is 0 Å². The lowest BCUT2D eigenvalue weighted by Gasteiger charge is -2.10. The van der Waals surface area contributed by atoms with Gasteiger partial charge in [-0.1, -0.05) is 11.6 Å². The molecule has 1 aromatic heterocycles. The molecular formula is C15H14ClF2NOS. The Labute approximate surface area is 130 Å². The number of rotatable bonds is 6. The summed E-state index contributed by atoms with van der Waals surface area (Å²) in [5, 5.41) is 3.22. The molecule has 0 amide bonds. The highest BCUT2D eigenvalue weighted by atomic mass is 35.5. The molecule has 3 rings (SSSR count). The van der Waals surface area contributed by atoms with E-state index < -0.39 is 11.6 Å². The van der Waals surface area contributed by atoms with Crippen molar-refractivity contribution in [1.82, 2.24) is 5.32 Å². The van der Waals surface area contributed by atoms with Crippen molar-refractivity contribution in [3.05, 3.63) is 50.7 Å². The zero-order valence-electron chi connectivity index (χ0n) is 11.2. The van der Waals surface area contributed by atoms with Crippen molar-refractivity contribution in [2.45, 2.75) is 32.0 Å². The normalized spacial score (nSPS) is 14.4. The summed E-state index contributed by atoms with van der Waals surface area (Å²) in [6, 6.07) is 6.63. The predicted octanol–water partition coefficient (Wildman–Crippen LogP) is 4.51. The van der Waals surface area contributed by atoms with Crippen LogP contribution in [-0.2, 0) is 13.2 Å². The van der Waals surface area contributed by atoms with E-state index in [4.69, 9.17) is 16.3 Å². The summed E-state index contributed by atoms with van der Waals surface area (Å²) >= 11 is 7.12. The number of benzene rings is 1. The summed E-state index contributed by atoms with van der Waals surface area (Å²) in [4.78, 5) is 0.818. The van der Waals surface area contributed by atoms with E-state index in [1.54, 1.807) is 12.1 Å². The maximum absolute atomic E-state index is 13.9. The lowest BCUT2D eigenvalue weighted by molar-refractivity contribution is 0.276. The molecule has 1 N–H and O–H groups in total. The molecule has 0 bridgehead atoms. The summed E-state index contributed by atoms with van der Waals surface area (Å²) in [6.07, 6.45) is 2.27. The van der Waals surface area contributed by atoms with E-state index >= 15 is 0 Å². The van der Waals surface area contributed by atoms with Crippen molar-refractivity contribution < 1.29 is 13.5 Å². The van der Waals surface area contributed by atoms with Crippen molar-refractivity contribution in [3.63, 3.8) is 0 Å². The Kier molecular flexibility index (Phi) is 4.42. The van der Waals surface area contributed by atoms with Gasteiger partial charge in [0.05, 0.1) is 4.34 Å². The van der Waals surface area contributed by atoms with Crippen LogP contribution in [0.1, 0.15) is 23.3 Å². The van der Waals surface area contributed by atoms with E-state index in [0.717, 1.165) is 17.7 Å². The first-order valence-electron chi connectivity index (χ1n) is 6.70. The molecule has 0 atom stereocenters. The first kappa shape index (κ1) is 14.8. The summed E-state index contributed by atoms with van der Waals surface area (Å²) in [5.41, 5.74) is 0.586.